The van der Waals surface area contributed by atoms with E-state index in [1.165, 1.54) is 12.8 Å². The molecule has 2 saturated carbocycles. The van der Waals surface area contributed by atoms with Crippen molar-refractivity contribution in [2.24, 2.45) is 41.4 Å². The van der Waals surface area contributed by atoms with E-state index in [-0.39, 0.29) is 28.2 Å². The molecule has 3 aliphatic carbocycles. The van der Waals surface area contributed by atoms with Crippen LogP contribution in [0.1, 0.15) is 107 Å². The second-order valence-electron chi connectivity index (χ2n) is 17.8. The van der Waals surface area contributed by atoms with E-state index >= 15 is 0 Å². The Morgan fingerprint density at radius 3 is 2.14 bits per heavy atom. The maximum absolute atomic E-state index is 12.2. The monoisotopic (exact) mass is 634 g/mol. The van der Waals surface area contributed by atoms with Crippen LogP contribution in [0.2, 0.25) is 36.3 Å². The molecule has 1 unspecified atom stereocenters. The number of aliphatic hydroxyl groups is 1. The van der Waals surface area contributed by atoms with Gasteiger partial charge in [-0.3, -0.25) is 4.79 Å². The van der Waals surface area contributed by atoms with Crippen LogP contribution in [-0.2, 0) is 18.4 Å². The third-order valence-electron chi connectivity index (χ3n) is 13.0. The number of rotatable bonds is 11. The van der Waals surface area contributed by atoms with Crippen LogP contribution in [0.25, 0.3) is 0 Å². The summed E-state index contributed by atoms with van der Waals surface area (Å²) in [5.74, 6) is 3.82. The van der Waals surface area contributed by atoms with Crippen molar-refractivity contribution in [3.8, 4) is 0 Å². The molecular weight excluding hydrogens is 569 g/mol. The Hall–Kier alpha value is -0.316. The predicted octanol–water partition coefficient (Wildman–Crippen LogP) is 9.12. The van der Waals surface area contributed by atoms with Crippen molar-refractivity contribution in [1.29, 1.82) is 0 Å². The first kappa shape index (κ1) is 35.5. The smallest absolute Gasteiger partial charge is 0.192 e. The SMILES string of the molecule is CCC(=O)CCC[C@H](O[Si](C)(C)C(C)(C)C)[C@@H](C)[C@@H]1OC(O)C[C@H]2[C@@H]3C=C[C@@H]4C[C@@H](O[Si](C)(C)C(C)(C)C)C[C@H]4[C@@H]3C[C@H]21. The molecule has 1 aliphatic heterocycles. The lowest BCUT2D eigenvalue weighted by Crippen LogP contribution is -2.51. The molecule has 248 valence electrons. The third kappa shape index (κ3) is 7.64. The zero-order chi connectivity index (χ0) is 32.1. The summed E-state index contributed by atoms with van der Waals surface area (Å²) in [6, 6.07) is 0. The maximum atomic E-state index is 12.2. The summed E-state index contributed by atoms with van der Waals surface area (Å²) in [7, 11) is -3.85. The number of carbonyl (C=O) groups is 1. The number of aliphatic hydroxyl groups excluding tert-OH is 1. The summed E-state index contributed by atoms with van der Waals surface area (Å²) in [5, 5.41) is 11.4. The van der Waals surface area contributed by atoms with Crippen LogP contribution in [0.15, 0.2) is 12.2 Å². The number of allylic oxidation sites excluding steroid dienone is 2. The Labute approximate surface area is 266 Å². The van der Waals surface area contributed by atoms with Gasteiger partial charge in [-0.2, -0.15) is 0 Å². The molecule has 7 heteroatoms. The van der Waals surface area contributed by atoms with Crippen molar-refractivity contribution in [3.05, 3.63) is 12.2 Å². The standard InChI is InChI=1S/C36H66O5Si2/c1-13-25(37)15-14-16-32(41-43(11,12)36(6,7)8)23(2)34-31-21-29-27(30(31)22-33(38)39-34)18-17-24-19-26(20-28(24)29)40-42(9,10)35(3,4)5/h17-18,23-24,26-34,38H,13-16,19-22H2,1-12H3/t23-,24-,26-,27-,28-,29-,30+,31-,32+,33?,34+/m1/s1. The average Bonchev–Trinajstić information content (AvgIpc) is 3.46. The molecule has 3 fully saturated rings. The molecule has 0 aromatic carbocycles. The molecule has 4 aliphatic rings. The molecule has 5 nitrogen and oxygen atoms in total. The first-order chi connectivity index (χ1) is 19.8. The average molecular weight is 635 g/mol. The summed E-state index contributed by atoms with van der Waals surface area (Å²) < 4.78 is 20.6. The van der Waals surface area contributed by atoms with Crippen molar-refractivity contribution in [2.75, 3.05) is 0 Å². The van der Waals surface area contributed by atoms with Gasteiger partial charge in [-0.15, -0.1) is 0 Å². The van der Waals surface area contributed by atoms with Gasteiger partial charge in [0, 0.05) is 31.3 Å². The highest BCUT2D eigenvalue weighted by Crippen LogP contribution is 2.59. The van der Waals surface area contributed by atoms with Gasteiger partial charge in [0.25, 0.3) is 0 Å². The van der Waals surface area contributed by atoms with Crippen LogP contribution < -0.4 is 0 Å². The molecule has 0 aromatic rings. The minimum atomic E-state index is -2.04. The molecule has 1 N–H and O–H groups in total. The fraction of sp³-hybridized carbons (Fsp3) is 0.917. The van der Waals surface area contributed by atoms with E-state index in [1.807, 2.05) is 6.92 Å². The quantitative estimate of drug-likeness (QED) is 0.181. The molecule has 4 rings (SSSR count). The topological polar surface area (TPSA) is 65.0 Å². The van der Waals surface area contributed by atoms with Gasteiger partial charge in [-0.1, -0.05) is 67.5 Å². The van der Waals surface area contributed by atoms with Gasteiger partial charge in [0.1, 0.15) is 5.78 Å². The second kappa shape index (κ2) is 13.1. The number of ether oxygens (including phenoxy) is 1. The van der Waals surface area contributed by atoms with Crippen LogP contribution in [0, 0.1) is 41.4 Å². The molecule has 1 saturated heterocycles. The zero-order valence-corrected chi connectivity index (χ0v) is 31.7. The fourth-order valence-electron chi connectivity index (χ4n) is 8.39. The predicted molar refractivity (Wildman–Crippen MR) is 182 cm³/mol. The lowest BCUT2D eigenvalue weighted by Gasteiger charge is -2.46. The Morgan fingerprint density at radius 1 is 0.907 bits per heavy atom. The zero-order valence-electron chi connectivity index (χ0n) is 29.7. The van der Waals surface area contributed by atoms with E-state index in [0.29, 0.717) is 60.2 Å². The number of carbonyl (C=O) groups excluding carboxylic acids is 1. The highest BCUT2D eigenvalue weighted by atomic mass is 28.4. The Balaban J connectivity index is 1.52. The third-order valence-corrected chi connectivity index (χ3v) is 22.0. The molecule has 0 bridgehead atoms. The highest BCUT2D eigenvalue weighted by molar-refractivity contribution is 6.74. The van der Waals surface area contributed by atoms with Gasteiger partial charge in [0.05, 0.1) is 12.2 Å². The van der Waals surface area contributed by atoms with Crippen LogP contribution in [0.3, 0.4) is 0 Å². The van der Waals surface area contributed by atoms with Gasteiger partial charge in [0.2, 0.25) is 0 Å². The van der Waals surface area contributed by atoms with Crippen LogP contribution >= 0.6 is 0 Å². The van der Waals surface area contributed by atoms with Gasteiger partial charge < -0.3 is 18.7 Å². The van der Waals surface area contributed by atoms with Crippen molar-refractivity contribution in [3.63, 3.8) is 0 Å². The molecule has 0 amide bonds. The molecule has 1 heterocycles. The van der Waals surface area contributed by atoms with E-state index in [1.54, 1.807) is 0 Å². The second-order valence-corrected chi connectivity index (χ2v) is 27.4. The van der Waals surface area contributed by atoms with Crippen molar-refractivity contribution in [1.82, 2.24) is 0 Å². The lowest BCUT2D eigenvalue weighted by atomic mass is 9.71. The van der Waals surface area contributed by atoms with E-state index in [0.717, 1.165) is 25.7 Å². The first-order valence-corrected chi connectivity index (χ1v) is 23.5. The Kier molecular flexibility index (Phi) is 10.8. The fourth-order valence-corrected chi connectivity index (χ4v) is 11.2. The molecule has 0 spiro atoms. The summed E-state index contributed by atoms with van der Waals surface area (Å²) in [6.07, 6.45) is 11.9. The van der Waals surface area contributed by atoms with E-state index < -0.39 is 22.9 Å². The maximum Gasteiger partial charge on any atom is 0.192 e. The van der Waals surface area contributed by atoms with E-state index in [2.05, 4.69) is 86.8 Å². The molecule has 0 radical (unpaired) electrons. The van der Waals surface area contributed by atoms with E-state index in [4.69, 9.17) is 13.6 Å². The summed E-state index contributed by atoms with van der Waals surface area (Å²) in [6.45, 7) is 27.6. The summed E-state index contributed by atoms with van der Waals surface area (Å²) in [4.78, 5) is 12.2. The Morgan fingerprint density at radius 2 is 1.53 bits per heavy atom. The van der Waals surface area contributed by atoms with Crippen molar-refractivity contribution < 1.29 is 23.5 Å². The minimum absolute atomic E-state index is 0.0245. The Bertz CT molecular complexity index is 995. The number of fused-ring (bicyclic) bond motifs is 5. The number of hydrogen-bond donors (Lipinski definition) is 1. The van der Waals surface area contributed by atoms with Gasteiger partial charge >= 0.3 is 0 Å². The number of ketones is 1. The van der Waals surface area contributed by atoms with Crippen LogP contribution in [0.4, 0.5) is 0 Å². The van der Waals surface area contributed by atoms with Crippen molar-refractivity contribution >= 4 is 22.4 Å². The summed E-state index contributed by atoms with van der Waals surface area (Å²) in [5.41, 5.74) is 0. The largest absolute Gasteiger partial charge is 0.414 e. The molecular formula is C36H66O5Si2. The number of hydrogen-bond acceptors (Lipinski definition) is 5. The van der Waals surface area contributed by atoms with Gasteiger partial charge in [-0.05, 0) is 104 Å². The van der Waals surface area contributed by atoms with Crippen molar-refractivity contribution in [2.45, 2.75) is 168 Å². The lowest BCUT2D eigenvalue weighted by molar-refractivity contribution is -0.218. The summed E-state index contributed by atoms with van der Waals surface area (Å²) >= 11 is 0. The minimum Gasteiger partial charge on any atom is -0.414 e. The normalized spacial score (nSPS) is 36.2. The molecule has 11 atom stereocenters. The van der Waals surface area contributed by atoms with Crippen LogP contribution in [-0.4, -0.2) is 52.1 Å². The van der Waals surface area contributed by atoms with E-state index in [9.17, 15) is 9.90 Å². The van der Waals surface area contributed by atoms with Gasteiger partial charge in [-0.25, -0.2) is 0 Å². The van der Waals surface area contributed by atoms with Crippen LogP contribution in [0.5, 0.6) is 0 Å². The highest BCUT2D eigenvalue weighted by Gasteiger charge is 2.57. The number of Topliss-reactive ketones (excluding diaryl/α,β-unsaturated/α-hetero) is 1. The van der Waals surface area contributed by atoms with Gasteiger partial charge in [0.15, 0.2) is 22.9 Å². The molecule has 0 aromatic heterocycles. The molecule has 43 heavy (non-hydrogen) atoms. The first-order valence-electron chi connectivity index (χ1n) is 17.6.